The van der Waals surface area contributed by atoms with Crippen LogP contribution in [0.5, 0.6) is 0 Å². The zero-order valence-corrected chi connectivity index (χ0v) is 15.6. The summed E-state index contributed by atoms with van der Waals surface area (Å²) < 4.78 is 3.98. The standard InChI is InChI=1S/3C7H7.Sn/c3*1-7-5-3-2-4-6-7;/h3*2-6H,1H2;. The SMILES string of the molecule is c1ccc([CH2][Sn]([CH2]c2ccccc2)[CH2]c2ccccc2)cc1. The molecule has 3 rings (SSSR count). The van der Waals surface area contributed by atoms with Gasteiger partial charge in [-0.25, -0.2) is 0 Å². The van der Waals surface area contributed by atoms with Crippen LogP contribution in [0, 0.1) is 0 Å². The Morgan fingerprint density at radius 3 is 0.955 bits per heavy atom. The van der Waals surface area contributed by atoms with E-state index in [0.29, 0.717) is 0 Å². The third kappa shape index (κ3) is 4.74. The first-order valence-electron chi connectivity index (χ1n) is 7.85. The molecular weight excluding hydrogens is 371 g/mol. The molecule has 3 aromatic carbocycles. The number of hydrogen-bond acceptors (Lipinski definition) is 0. The van der Waals surface area contributed by atoms with Crippen LogP contribution in [-0.4, -0.2) is 19.8 Å². The molecule has 0 N–H and O–H groups in total. The van der Waals surface area contributed by atoms with Gasteiger partial charge in [0.2, 0.25) is 0 Å². The second-order valence-corrected chi connectivity index (χ2v) is 13.0. The summed E-state index contributed by atoms with van der Waals surface area (Å²) in [6, 6.07) is 33.1. The van der Waals surface area contributed by atoms with E-state index >= 15 is 0 Å². The van der Waals surface area contributed by atoms with Gasteiger partial charge in [-0.3, -0.25) is 0 Å². The maximum absolute atomic E-state index is 2.29. The van der Waals surface area contributed by atoms with Gasteiger partial charge in [-0.1, -0.05) is 0 Å². The van der Waals surface area contributed by atoms with Crippen LogP contribution in [0.3, 0.4) is 0 Å². The first-order valence-corrected chi connectivity index (χ1v) is 13.9. The molecule has 0 saturated carbocycles. The Balaban J connectivity index is 1.75. The Morgan fingerprint density at radius 2 is 0.682 bits per heavy atom. The van der Waals surface area contributed by atoms with Crippen LogP contribution in [0.2, 0.25) is 0 Å². The summed E-state index contributed by atoms with van der Waals surface area (Å²) in [4.78, 5) is 0. The Morgan fingerprint density at radius 1 is 0.409 bits per heavy atom. The van der Waals surface area contributed by atoms with Crippen molar-refractivity contribution in [2.75, 3.05) is 0 Å². The Bertz CT molecular complexity index is 563. The van der Waals surface area contributed by atoms with E-state index in [1.807, 2.05) is 0 Å². The first kappa shape index (κ1) is 15.4. The maximum atomic E-state index is 2.29. The second-order valence-electron chi connectivity index (χ2n) is 5.74. The van der Waals surface area contributed by atoms with Gasteiger partial charge in [0.1, 0.15) is 0 Å². The van der Waals surface area contributed by atoms with E-state index in [0.717, 1.165) is 0 Å². The normalized spacial score (nSPS) is 10.8. The molecule has 22 heavy (non-hydrogen) atoms. The molecule has 1 heteroatoms. The van der Waals surface area contributed by atoms with Crippen LogP contribution in [0.25, 0.3) is 0 Å². The minimum absolute atomic E-state index is 1.33. The van der Waals surface area contributed by atoms with Crippen molar-refractivity contribution >= 4 is 19.8 Å². The molecule has 0 nitrogen and oxygen atoms in total. The quantitative estimate of drug-likeness (QED) is 0.528. The molecule has 0 fully saturated rings. The third-order valence-corrected chi connectivity index (χ3v) is 11.7. The van der Waals surface area contributed by atoms with E-state index in [9.17, 15) is 0 Å². The summed E-state index contributed by atoms with van der Waals surface area (Å²) in [5.41, 5.74) is 4.55. The Kier molecular flexibility index (Phi) is 5.71. The van der Waals surface area contributed by atoms with E-state index in [1.165, 1.54) is 30.0 Å². The predicted molar refractivity (Wildman–Crippen MR) is 96.2 cm³/mol. The van der Waals surface area contributed by atoms with E-state index in [-0.39, 0.29) is 0 Å². The molecule has 1 radical (unpaired) electrons. The molecule has 0 aliphatic carbocycles. The van der Waals surface area contributed by atoms with Gasteiger partial charge < -0.3 is 0 Å². The number of rotatable bonds is 6. The van der Waals surface area contributed by atoms with Gasteiger partial charge >= 0.3 is 141 Å². The molecule has 0 aliphatic heterocycles. The monoisotopic (exact) mass is 393 g/mol. The molecule has 109 valence electrons. The summed E-state index contributed by atoms with van der Waals surface area (Å²) in [6.45, 7) is 0. The van der Waals surface area contributed by atoms with Gasteiger partial charge in [-0.15, -0.1) is 0 Å². The minimum atomic E-state index is -1.56. The van der Waals surface area contributed by atoms with Crippen molar-refractivity contribution in [1.82, 2.24) is 0 Å². The zero-order valence-electron chi connectivity index (χ0n) is 12.8. The molecule has 0 saturated heterocycles. The molecular formula is C21H21Sn. The van der Waals surface area contributed by atoms with Gasteiger partial charge in [0.15, 0.2) is 0 Å². The van der Waals surface area contributed by atoms with Crippen LogP contribution >= 0.6 is 0 Å². The summed E-state index contributed by atoms with van der Waals surface area (Å²) >= 11 is -1.56. The average Bonchev–Trinajstić information content (AvgIpc) is 2.57. The van der Waals surface area contributed by atoms with Gasteiger partial charge in [-0.2, -0.15) is 0 Å². The van der Waals surface area contributed by atoms with Crippen LogP contribution < -0.4 is 0 Å². The number of hydrogen-bond donors (Lipinski definition) is 0. The predicted octanol–water partition coefficient (Wildman–Crippen LogP) is 4.83. The van der Waals surface area contributed by atoms with Crippen molar-refractivity contribution in [3.63, 3.8) is 0 Å². The fourth-order valence-electron chi connectivity index (χ4n) is 2.84. The van der Waals surface area contributed by atoms with E-state index in [1.54, 1.807) is 0 Å². The first-order chi connectivity index (χ1) is 10.9. The van der Waals surface area contributed by atoms with Crippen molar-refractivity contribution in [2.24, 2.45) is 0 Å². The van der Waals surface area contributed by atoms with Gasteiger partial charge in [-0.05, 0) is 0 Å². The fourth-order valence-corrected chi connectivity index (χ4v) is 10.9. The number of benzene rings is 3. The molecule has 0 spiro atoms. The second kappa shape index (κ2) is 8.19. The van der Waals surface area contributed by atoms with E-state index in [2.05, 4.69) is 91.0 Å². The van der Waals surface area contributed by atoms with Crippen LogP contribution in [0.15, 0.2) is 91.0 Å². The van der Waals surface area contributed by atoms with Crippen molar-refractivity contribution < 1.29 is 0 Å². The summed E-state index contributed by atoms with van der Waals surface area (Å²) in [6.07, 6.45) is 0. The van der Waals surface area contributed by atoms with Crippen LogP contribution in [-0.2, 0) is 13.3 Å². The van der Waals surface area contributed by atoms with Crippen LogP contribution in [0.4, 0.5) is 0 Å². The summed E-state index contributed by atoms with van der Waals surface area (Å²) in [5.74, 6) is 0. The van der Waals surface area contributed by atoms with Gasteiger partial charge in [0.25, 0.3) is 0 Å². The molecule has 0 amide bonds. The van der Waals surface area contributed by atoms with Crippen molar-refractivity contribution in [3.05, 3.63) is 108 Å². The topological polar surface area (TPSA) is 0 Å². The molecule has 0 aliphatic rings. The average molecular weight is 392 g/mol. The molecule has 3 aromatic rings. The van der Waals surface area contributed by atoms with E-state index in [4.69, 9.17) is 0 Å². The summed E-state index contributed by atoms with van der Waals surface area (Å²) in [5, 5.41) is 0. The van der Waals surface area contributed by atoms with Gasteiger partial charge in [0, 0.05) is 0 Å². The van der Waals surface area contributed by atoms with Crippen molar-refractivity contribution in [3.8, 4) is 0 Å². The van der Waals surface area contributed by atoms with Crippen LogP contribution in [0.1, 0.15) is 16.7 Å². The molecule has 0 bridgehead atoms. The summed E-state index contributed by atoms with van der Waals surface area (Å²) in [7, 11) is 0. The molecule has 0 unspecified atom stereocenters. The molecule has 0 atom stereocenters. The zero-order chi connectivity index (χ0) is 15.0. The molecule has 0 aromatic heterocycles. The van der Waals surface area contributed by atoms with Crippen molar-refractivity contribution in [2.45, 2.75) is 13.3 Å². The Hall–Kier alpha value is -1.54. The molecule has 0 heterocycles. The fraction of sp³-hybridized carbons (Fsp3) is 0.143. The van der Waals surface area contributed by atoms with Gasteiger partial charge in [0.05, 0.1) is 0 Å². The Labute approximate surface area is 140 Å². The third-order valence-electron chi connectivity index (χ3n) is 3.89. The van der Waals surface area contributed by atoms with Crippen molar-refractivity contribution in [1.29, 1.82) is 0 Å². The van der Waals surface area contributed by atoms with E-state index < -0.39 is 19.8 Å².